The van der Waals surface area contributed by atoms with Gasteiger partial charge in [-0.3, -0.25) is 9.59 Å². The van der Waals surface area contributed by atoms with E-state index in [2.05, 4.69) is 15.9 Å². The molecule has 0 saturated heterocycles. The largest absolute Gasteiger partial charge is 0.335 e. The molecule has 0 radical (unpaired) electrons. The first-order chi connectivity index (χ1) is 10.1. The molecule has 0 saturated carbocycles. The van der Waals surface area contributed by atoms with Crippen molar-refractivity contribution in [2.45, 2.75) is 25.3 Å². The van der Waals surface area contributed by atoms with E-state index in [1.807, 2.05) is 0 Å². The Kier molecular flexibility index (Phi) is 3.76. The number of benzene rings is 1. The van der Waals surface area contributed by atoms with Crippen LogP contribution in [0.2, 0.25) is 0 Å². The van der Waals surface area contributed by atoms with E-state index in [-0.39, 0.29) is 24.0 Å². The maximum atomic E-state index is 13.8. The van der Waals surface area contributed by atoms with E-state index in [1.54, 1.807) is 35.0 Å². The van der Waals surface area contributed by atoms with Crippen LogP contribution >= 0.6 is 15.9 Å². The molecule has 1 atom stereocenters. The van der Waals surface area contributed by atoms with Gasteiger partial charge in [-0.15, -0.1) is 0 Å². The fourth-order valence-electron chi connectivity index (χ4n) is 2.72. The van der Waals surface area contributed by atoms with Crippen LogP contribution in [-0.4, -0.2) is 16.1 Å². The van der Waals surface area contributed by atoms with Gasteiger partial charge in [-0.05, 0) is 36.2 Å². The Morgan fingerprint density at radius 3 is 2.95 bits per heavy atom. The smallest absolute Gasteiger partial charge is 0.179 e. The van der Waals surface area contributed by atoms with Crippen LogP contribution < -0.4 is 0 Å². The van der Waals surface area contributed by atoms with E-state index < -0.39 is 5.82 Å². The minimum atomic E-state index is -0.391. The Morgan fingerprint density at radius 2 is 2.19 bits per heavy atom. The number of hydrogen-bond donors (Lipinski definition) is 0. The van der Waals surface area contributed by atoms with Crippen molar-refractivity contribution >= 4 is 27.5 Å². The lowest BCUT2D eigenvalue weighted by Crippen LogP contribution is -2.28. The molecule has 0 bridgehead atoms. The third kappa shape index (κ3) is 2.70. The van der Waals surface area contributed by atoms with E-state index in [0.29, 0.717) is 28.6 Å². The summed E-state index contributed by atoms with van der Waals surface area (Å²) in [6, 6.07) is 7.80. The SMILES string of the molecule is O=C1CCC(C(=O)Cc2ccc(Br)cc2F)n2cccc21. The first-order valence-electron chi connectivity index (χ1n) is 6.73. The van der Waals surface area contributed by atoms with Crippen molar-refractivity contribution in [1.82, 2.24) is 4.57 Å². The second kappa shape index (κ2) is 5.56. The molecule has 0 aliphatic carbocycles. The fraction of sp³-hybridized carbons (Fsp3) is 0.250. The minimum Gasteiger partial charge on any atom is -0.335 e. The molecule has 0 fully saturated rings. The number of Topliss-reactive ketones (excluding diaryl/α,β-unsaturated/α-hetero) is 2. The highest BCUT2D eigenvalue weighted by Crippen LogP contribution is 2.27. The van der Waals surface area contributed by atoms with Crippen molar-refractivity contribution < 1.29 is 14.0 Å². The predicted octanol–water partition coefficient (Wildman–Crippen LogP) is 3.72. The van der Waals surface area contributed by atoms with Crippen molar-refractivity contribution in [3.63, 3.8) is 0 Å². The highest BCUT2D eigenvalue weighted by molar-refractivity contribution is 9.10. The lowest BCUT2D eigenvalue weighted by atomic mass is 9.95. The first-order valence-corrected chi connectivity index (χ1v) is 7.52. The summed E-state index contributed by atoms with van der Waals surface area (Å²) < 4.78 is 16.2. The van der Waals surface area contributed by atoms with Crippen molar-refractivity contribution in [2.75, 3.05) is 0 Å². The molecular weight excluding hydrogens is 337 g/mol. The number of carbonyl (C=O) groups is 2. The molecule has 0 N–H and O–H groups in total. The molecule has 2 aromatic rings. The fourth-order valence-corrected chi connectivity index (χ4v) is 3.06. The van der Waals surface area contributed by atoms with Crippen LogP contribution in [0.3, 0.4) is 0 Å². The van der Waals surface area contributed by atoms with Gasteiger partial charge in [0.15, 0.2) is 11.6 Å². The van der Waals surface area contributed by atoms with Gasteiger partial charge in [-0.1, -0.05) is 22.0 Å². The quantitative estimate of drug-likeness (QED) is 0.846. The van der Waals surface area contributed by atoms with Crippen LogP contribution in [0.15, 0.2) is 41.0 Å². The Hall–Kier alpha value is -1.75. The van der Waals surface area contributed by atoms with Gasteiger partial charge in [-0.25, -0.2) is 4.39 Å². The highest BCUT2D eigenvalue weighted by Gasteiger charge is 2.29. The zero-order chi connectivity index (χ0) is 15.0. The van der Waals surface area contributed by atoms with Crippen LogP contribution in [0.25, 0.3) is 0 Å². The topological polar surface area (TPSA) is 39.1 Å². The van der Waals surface area contributed by atoms with Crippen molar-refractivity contribution in [3.05, 3.63) is 58.1 Å². The lowest BCUT2D eigenvalue weighted by molar-refractivity contribution is -0.121. The molecule has 1 aromatic heterocycles. The number of fused-ring (bicyclic) bond motifs is 1. The van der Waals surface area contributed by atoms with E-state index in [4.69, 9.17) is 0 Å². The lowest BCUT2D eigenvalue weighted by Gasteiger charge is -2.24. The average Bonchev–Trinajstić information content (AvgIpc) is 2.92. The van der Waals surface area contributed by atoms with E-state index in [0.717, 1.165) is 0 Å². The molecule has 1 unspecified atom stereocenters. The third-order valence-corrected chi connectivity index (χ3v) is 4.29. The number of halogens is 2. The molecule has 2 heterocycles. The standard InChI is InChI=1S/C16H13BrFNO2/c17-11-4-3-10(12(18)9-11)8-16(21)14-5-6-15(20)13-2-1-7-19(13)14/h1-4,7,9,14H,5-6,8H2. The number of hydrogen-bond acceptors (Lipinski definition) is 2. The van der Waals surface area contributed by atoms with Gasteiger partial charge in [0, 0.05) is 23.5 Å². The maximum Gasteiger partial charge on any atom is 0.179 e. The van der Waals surface area contributed by atoms with Crippen molar-refractivity contribution in [2.24, 2.45) is 0 Å². The van der Waals surface area contributed by atoms with Gasteiger partial charge >= 0.3 is 0 Å². The van der Waals surface area contributed by atoms with E-state index in [1.165, 1.54) is 6.07 Å². The summed E-state index contributed by atoms with van der Waals surface area (Å²) in [5, 5.41) is 0. The average molecular weight is 350 g/mol. The number of nitrogens with zero attached hydrogens (tertiary/aromatic N) is 1. The summed E-state index contributed by atoms with van der Waals surface area (Å²) in [4.78, 5) is 24.2. The number of carbonyl (C=O) groups excluding carboxylic acids is 2. The summed E-state index contributed by atoms with van der Waals surface area (Å²) in [5.74, 6) is -0.405. The van der Waals surface area contributed by atoms with Gasteiger partial charge in [0.2, 0.25) is 0 Å². The van der Waals surface area contributed by atoms with Gasteiger partial charge in [0.1, 0.15) is 5.82 Å². The first kappa shape index (κ1) is 14.2. The number of ketones is 2. The molecular formula is C16H13BrFNO2. The zero-order valence-electron chi connectivity index (χ0n) is 11.2. The normalized spacial score (nSPS) is 17.6. The van der Waals surface area contributed by atoms with Crippen molar-refractivity contribution in [3.8, 4) is 0 Å². The molecule has 1 aliphatic rings. The van der Waals surface area contributed by atoms with Gasteiger partial charge in [-0.2, -0.15) is 0 Å². The van der Waals surface area contributed by atoms with Crippen LogP contribution in [-0.2, 0) is 11.2 Å². The molecule has 3 nitrogen and oxygen atoms in total. The zero-order valence-corrected chi connectivity index (χ0v) is 12.8. The molecule has 0 amide bonds. The third-order valence-electron chi connectivity index (χ3n) is 3.80. The Morgan fingerprint density at radius 1 is 1.38 bits per heavy atom. The summed E-state index contributed by atoms with van der Waals surface area (Å²) in [7, 11) is 0. The van der Waals surface area contributed by atoms with Crippen molar-refractivity contribution in [1.29, 1.82) is 0 Å². The molecule has 1 aliphatic heterocycles. The number of rotatable bonds is 3. The Bertz CT molecular complexity index is 723. The molecule has 108 valence electrons. The Labute approximate surface area is 129 Å². The van der Waals surface area contributed by atoms with Crippen LogP contribution in [0, 0.1) is 5.82 Å². The van der Waals surface area contributed by atoms with Gasteiger partial charge in [0.05, 0.1) is 11.7 Å². The van der Waals surface area contributed by atoms with Gasteiger partial charge in [0.25, 0.3) is 0 Å². The monoisotopic (exact) mass is 349 g/mol. The van der Waals surface area contributed by atoms with E-state index >= 15 is 0 Å². The Balaban J connectivity index is 1.84. The van der Waals surface area contributed by atoms with Crippen LogP contribution in [0.4, 0.5) is 4.39 Å². The predicted molar refractivity (Wildman–Crippen MR) is 79.8 cm³/mol. The van der Waals surface area contributed by atoms with Crippen LogP contribution in [0.1, 0.15) is 34.9 Å². The summed E-state index contributed by atoms with van der Waals surface area (Å²) >= 11 is 3.20. The molecule has 3 rings (SSSR count). The minimum absolute atomic E-state index is 0.0373. The molecule has 0 spiro atoms. The maximum absolute atomic E-state index is 13.8. The molecule has 5 heteroatoms. The van der Waals surface area contributed by atoms with Gasteiger partial charge < -0.3 is 4.57 Å². The highest BCUT2D eigenvalue weighted by atomic mass is 79.9. The second-order valence-corrected chi connectivity index (χ2v) is 6.07. The summed E-state index contributed by atoms with van der Waals surface area (Å²) in [5.41, 5.74) is 0.949. The molecule has 21 heavy (non-hydrogen) atoms. The summed E-state index contributed by atoms with van der Waals surface area (Å²) in [6.45, 7) is 0. The summed E-state index contributed by atoms with van der Waals surface area (Å²) in [6.07, 6.45) is 2.63. The van der Waals surface area contributed by atoms with Crippen LogP contribution in [0.5, 0.6) is 0 Å². The second-order valence-electron chi connectivity index (χ2n) is 5.16. The number of aromatic nitrogens is 1. The molecule has 1 aromatic carbocycles. The van der Waals surface area contributed by atoms with E-state index in [9.17, 15) is 14.0 Å².